The molecule has 0 spiro atoms. The maximum absolute atomic E-state index is 8.79. The average Bonchev–Trinajstić information content (AvgIpc) is 2.82. The first-order valence-corrected chi connectivity index (χ1v) is 5.27. The Morgan fingerprint density at radius 3 is 2.65 bits per heavy atom. The van der Waals surface area contributed by atoms with Crippen molar-refractivity contribution < 1.29 is 0 Å². The molecular weight excluding hydrogens is 212 g/mol. The van der Waals surface area contributed by atoms with E-state index >= 15 is 0 Å². The number of hydrogen-bond acceptors (Lipinski definition) is 2. The van der Waals surface area contributed by atoms with Crippen molar-refractivity contribution in [2.75, 3.05) is 0 Å². The standard InChI is InChI=1S/C13H9N4/c14-16-11-7-6-10-9-15-17(13(10)8-11)12-4-2-1-3-5-12/h1-9H/q+1. The van der Waals surface area contributed by atoms with Crippen molar-refractivity contribution in [3.8, 4) is 5.69 Å². The quantitative estimate of drug-likeness (QED) is 0.590. The molecule has 0 aliphatic rings. The van der Waals surface area contributed by atoms with E-state index in [0.29, 0.717) is 5.69 Å². The Balaban J connectivity index is 2.28. The lowest BCUT2D eigenvalue weighted by Crippen LogP contribution is -1.94. The molecule has 0 radical (unpaired) electrons. The zero-order valence-corrected chi connectivity index (χ0v) is 8.99. The molecule has 1 heterocycles. The summed E-state index contributed by atoms with van der Waals surface area (Å²) in [7, 11) is 0. The molecule has 0 aliphatic heterocycles. The van der Waals surface area contributed by atoms with E-state index in [9.17, 15) is 0 Å². The first-order chi connectivity index (χ1) is 8.38. The van der Waals surface area contributed by atoms with Gasteiger partial charge < -0.3 is 0 Å². The van der Waals surface area contributed by atoms with Crippen LogP contribution in [0.3, 0.4) is 0 Å². The number of diazo groups is 1. The maximum atomic E-state index is 8.79. The third-order valence-corrected chi connectivity index (χ3v) is 2.67. The zero-order valence-electron chi connectivity index (χ0n) is 8.99. The molecule has 80 valence electrons. The summed E-state index contributed by atoms with van der Waals surface area (Å²) in [6.07, 6.45) is 1.80. The van der Waals surface area contributed by atoms with Crippen LogP contribution in [0.4, 0.5) is 5.69 Å². The summed E-state index contributed by atoms with van der Waals surface area (Å²) < 4.78 is 1.82. The van der Waals surface area contributed by atoms with Gasteiger partial charge in [-0.25, -0.2) is 4.68 Å². The zero-order chi connectivity index (χ0) is 11.7. The van der Waals surface area contributed by atoms with Crippen LogP contribution in [-0.2, 0) is 0 Å². The number of hydrogen-bond donors (Lipinski definition) is 0. The van der Waals surface area contributed by atoms with E-state index < -0.39 is 0 Å². The predicted molar refractivity (Wildman–Crippen MR) is 65.8 cm³/mol. The van der Waals surface area contributed by atoms with Crippen LogP contribution >= 0.6 is 0 Å². The third kappa shape index (κ3) is 1.54. The van der Waals surface area contributed by atoms with Gasteiger partial charge in [-0.05, 0) is 18.2 Å². The van der Waals surface area contributed by atoms with Crippen LogP contribution in [0.5, 0.6) is 0 Å². The first-order valence-electron chi connectivity index (χ1n) is 5.27. The second-order valence-electron chi connectivity index (χ2n) is 3.74. The summed E-state index contributed by atoms with van der Waals surface area (Å²) in [5.41, 5.74) is 2.43. The molecule has 0 bridgehead atoms. The Morgan fingerprint density at radius 2 is 1.88 bits per heavy atom. The molecule has 0 unspecified atom stereocenters. The Bertz CT molecular complexity index is 707. The molecule has 0 saturated heterocycles. The fourth-order valence-electron chi connectivity index (χ4n) is 1.84. The van der Waals surface area contributed by atoms with Crippen molar-refractivity contribution in [3.05, 3.63) is 59.7 Å². The number of aromatic nitrogens is 2. The highest BCUT2D eigenvalue weighted by Crippen LogP contribution is 2.23. The second-order valence-corrected chi connectivity index (χ2v) is 3.74. The largest absolute Gasteiger partial charge is 0.387 e. The van der Waals surface area contributed by atoms with Crippen molar-refractivity contribution in [2.24, 2.45) is 0 Å². The summed E-state index contributed by atoms with van der Waals surface area (Å²) in [5.74, 6) is 0. The number of para-hydroxylation sites is 1. The van der Waals surface area contributed by atoms with Gasteiger partial charge in [0.05, 0.1) is 23.5 Å². The van der Waals surface area contributed by atoms with Crippen LogP contribution in [0.15, 0.2) is 54.7 Å². The Morgan fingerprint density at radius 1 is 1.06 bits per heavy atom. The maximum Gasteiger partial charge on any atom is 0.387 e. The fraction of sp³-hybridized carbons (Fsp3) is 0. The van der Waals surface area contributed by atoms with Gasteiger partial charge in [0.25, 0.3) is 0 Å². The highest BCUT2D eigenvalue weighted by atomic mass is 15.3. The summed E-state index contributed by atoms with van der Waals surface area (Å²) in [4.78, 5) is 3.19. The van der Waals surface area contributed by atoms with Gasteiger partial charge in [-0.1, -0.05) is 18.2 Å². The van der Waals surface area contributed by atoms with Crippen LogP contribution in [0, 0.1) is 5.39 Å². The van der Waals surface area contributed by atoms with Crippen LogP contribution in [0.2, 0.25) is 0 Å². The lowest BCUT2D eigenvalue weighted by molar-refractivity contribution is 0.911. The van der Waals surface area contributed by atoms with E-state index in [1.165, 1.54) is 0 Å². The second kappa shape index (κ2) is 3.72. The minimum absolute atomic E-state index is 0.523. The number of rotatable bonds is 1. The Labute approximate surface area is 97.7 Å². The van der Waals surface area contributed by atoms with Gasteiger partial charge in [0.15, 0.2) is 4.98 Å². The van der Waals surface area contributed by atoms with Gasteiger partial charge >= 0.3 is 5.69 Å². The van der Waals surface area contributed by atoms with E-state index in [1.807, 2.05) is 41.1 Å². The first kappa shape index (κ1) is 9.55. The molecule has 4 nitrogen and oxygen atoms in total. The highest BCUT2D eigenvalue weighted by molar-refractivity contribution is 5.83. The molecule has 3 aromatic rings. The van der Waals surface area contributed by atoms with Gasteiger partial charge in [0.2, 0.25) is 5.39 Å². The molecule has 0 saturated carbocycles. The Kier molecular flexibility index (Phi) is 2.09. The topological polar surface area (TPSA) is 46.0 Å². The molecule has 0 aliphatic carbocycles. The van der Waals surface area contributed by atoms with Crippen LogP contribution in [-0.4, -0.2) is 9.78 Å². The van der Waals surface area contributed by atoms with Crippen molar-refractivity contribution in [1.82, 2.24) is 9.78 Å². The van der Waals surface area contributed by atoms with Gasteiger partial charge in [-0.3, -0.25) is 0 Å². The highest BCUT2D eigenvalue weighted by Gasteiger charge is 2.10. The lowest BCUT2D eigenvalue weighted by Gasteiger charge is -2.01. The summed E-state index contributed by atoms with van der Waals surface area (Å²) in [6, 6.07) is 15.3. The molecule has 0 amide bonds. The minimum atomic E-state index is 0.523. The van der Waals surface area contributed by atoms with E-state index in [1.54, 1.807) is 18.3 Å². The SMILES string of the molecule is N#[N+]c1ccc2cnn(-c3ccccc3)c2c1. The molecule has 1 aromatic heterocycles. The summed E-state index contributed by atoms with van der Waals surface area (Å²) in [6.45, 7) is 0. The van der Waals surface area contributed by atoms with Gasteiger partial charge in [0, 0.05) is 11.5 Å². The van der Waals surface area contributed by atoms with E-state index in [4.69, 9.17) is 5.39 Å². The Hall–Kier alpha value is -2.67. The monoisotopic (exact) mass is 221 g/mol. The lowest BCUT2D eigenvalue weighted by atomic mass is 10.2. The van der Waals surface area contributed by atoms with Crippen molar-refractivity contribution in [2.45, 2.75) is 0 Å². The molecule has 0 N–H and O–H groups in total. The van der Waals surface area contributed by atoms with Gasteiger partial charge in [-0.2, -0.15) is 5.10 Å². The van der Waals surface area contributed by atoms with Crippen molar-refractivity contribution >= 4 is 16.6 Å². The minimum Gasteiger partial charge on any atom is -0.233 e. The third-order valence-electron chi connectivity index (χ3n) is 2.67. The summed E-state index contributed by atoms with van der Waals surface area (Å²) >= 11 is 0. The van der Waals surface area contributed by atoms with E-state index in [2.05, 4.69) is 10.1 Å². The van der Waals surface area contributed by atoms with Crippen molar-refractivity contribution in [1.29, 1.82) is 5.39 Å². The van der Waals surface area contributed by atoms with Gasteiger partial charge in [0.1, 0.15) is 0 Å². The fourth-order valence-corrected chi connectivity index (χ4v) is 1.84. The molecular formula is C13H9N4+. The smallest absolute Gasteiger partial charge is 0.233 e. The average molecular weight is 221 g/mol. The molecule has 17 heavy (non-hydrogen) atoms. The van der Waals surface area contributed by atoms with Crippen LogP contribution in [0.1, 0.15) is 0 Å². The number of nitrogens with zero attached hydrogens (tertiary/aromatic N) is 4. The van der Waals surface area contributed by atoms with Gasteiger partial charge in [-0.15, -0.1) is 0 Å². The molecule has 3 rings (SSSR count). The molecule has 2 aromatic carbocycles. The van der Waals surface area contributed by atoms with E-state index in [-0.39, 0.29) is 0 Å². The number of fused-ring (bicyclic) bond motifs is 1. The van der Waals surface area contributed by atoms with E-state index in [0.717, 1.165) is 16.6 Å². The molecule has 0 atom stereocenters. The predicted octanol–water partition coefficient (Wildman–Crippen LogP) is 3.51. The van der Waals surface area contributed by atoms with Crippen LogP contribution in [0.25, 0.3) is 21.6 Å². The molecule has 0 fully saturated rings. The summed E-state index contributed by atoms with van der Waals surface area (Å²) in [5, 5.41) is 14.1. The number of benzene rings is 2. The van der Waals surface area contributed by atoms with Crippen molar-refractivity contribution in [3.63, 3.8) is 0 Å². The molecule has 4 heteroatoms. The normalized spacial score (nSPS) is 10.3. The van der Waals surface area contributed by atoms with Crippen LogP contribution < -0.4 is 0 Å².